The molecule has 0 bridgehead atoms. The number of nitrogens with zero attached hydrogens (tertiary/aromatic N) is 4. The fourth-order valence-corrected chi connectivity index (χ4v) is 3.03. The van der Waals surface area contributed by atoms with Gasteiger partial charge in [0.25, 0.3) is 5.91 Å². The number of nitrogens with one attached hydrogen (secondary N) is 1. The van der Waals surface area contributed by atoms with E-state index in [1.165, 1.54) is 0 Å². The Morgan fingerprint density at radius 1 is 1.19 bits per heavy atom. The second-order valence-corrected chi connectivity index (χ2v) is 6.63. The number of aromatic nitrogens is 4. The monoisotopic (exact) mass is 371 g/mol. The number of carbonyl (C=O) groups is 1. The van der Waals surface area contributed by atoms with Crippen molar-refractivity contribution in [3.8, 4) is 0 Å². The topological polar surface area (TPSA) is 64.7 Å². The summed E-state index contributed by atoms with van der Waals surface area (Å²) in [6.45, 7) is 9.10. The van der Waals surface area contributed by atoms with Crippen molar-refractivity contribution in [3.63, 3.8) is 0 Å². The van der Waals surface area contributed by atoms with Crippen molar-refractivity contribution < 1.29 is 4.79 Å². The van der Waals surface area contributed by atoms with Gasteiger partial charge in [0.1, 0.15) is 0 Å². The van der Waals surface area contributed by atoms with Crippen LogP contribution in [0, 0.1) is 20.8 Å². The second-order valence-electron chi connectivity index (χ2n) is 6.26. The quantitative estimate of drug-likeness (QED) is 0.737. The molecule has 3 aromatic rings. The summed E-state index contributed by atoms with van der Waals surface area (Å²) >= 11 is 6.21. The average molecular weight is 372 g/mol. The van der Waals surface area contributed by atoms with Gasteiger partial charge in [0.05, 0.1) is 40.5 Å². The maximum absolute atomic E-state index is 12.6. The summed E-state index contributed by atoms with van der Waals surface area (Å²) in [5.41, 5.74) is 4.98. The lowest BCUT2D eigenvalue weighted by Crippen LogP contribution is -2.13. The first kappa shape index (κ1) is 18.2. The maximum atomic E-state index is 12.6. The second kappa shape index (κ2) is 7.33. The first-order chi connectivity index (χ1) is 12.4. The molecule has 7 heteroatoms. The SMILES string of the molecule is CCn1ncc(NC(=O)c2cccc(Cn3nc(C)c(Cl)c3C)c2)c1C. The van der Waals surface area contributed by atoms with E-state index in [-0.39, 0.29) is 5.91 Å². The maximum Gasteiger partial charge on any atom is 0.255 e. The number of amides is 1. The summed E-state index contributed by atoms with van der Waals surface area (Å²) in [5.74, 6) is -0.156. The van der Waals surface area contributed by atoms with E-state index in [2.05, 4.69) is 15.5 Å². The van der Waals surface area contributed by atoms with Gasteiger partial charge >= 0.3 is 0 Å². The Morgan fingerprint density at radius 3 is 2.58 bits per heavy atom. The van der Waals surface area contributed by atoms with E-state index in [1.54, 1.807) is 12.3 Å². The van der Waals surface area contributed by atoms with Crippen LogP contribution in [0.3, 0.4) is 0 Å². The minimum Gasteiger partial charge on any atom is -0.319 e. The van der Waals surface area contributed by atoms with Crippen molar-refractivity contribution in [1.29, 1.82) is 0 Å². The Bertz CT molecular complexity index is 957. The molecule has 0 fully saturated rings. The highest BCUT2D eigenvalue weighted by atomic mass is 35.5. The van der Waals surface area contributed by atoms with Gasteiger partial charge in [0, 0.05) is 12.1 Å². The van der Waals surface area contributed by atoms with E-state index in [9.17, 15) is 4.79 Å². The van der Waals surface area contributed by atoms with Gasteiger partial charge in [-0.25, -0.2) is 0 Å². The van der Waals surface area contributed by atoms with Gasteiger partial charge < -0.3 is 5.32 Å². The van der Waals surface area contributed by atoms with E-state index in [0.717, 1.165) is 34.9 Å². The number of halogens is 1. The number of rotatable bonds is 5. The van der Waals surface area contributed by atoms with Gasteiger partial charge in [-0.1, -0.05) is 23.7 Å². The van der Waals surface area contributed by atoms with E-state index in [1.807, 2.05) is 55.3 Å². The fraction of sp³-hybridized carbons (Fsp3) is 0.316. The zero-order valence-corrected chi connectivity index (χ0v) is 16.1. The standard InChI is InChI=1S/C19H22ClN5O/c1-5-24-13(3)17(10-21-24)22-19(26)16-8-6-7-15(9-16)11-25-14(4)18(20)12(2)23-25/h6-10H,5,11H2,1-4H3,(H,22,26). The van der Waals surface area contributed by atoms with Gasteiger partial charge in [-0.15, -0.1) is 0 Å². The smallest absolute Gasteiger partial charge is 0.255 e. The van der Waals surface area contributed by atoms with Crippen LogP contribution in [0.15, 0.2) is 30.5 Å². The highest BCUT2D eigenvalue weighted by Gasteiger charge is 2.13. The molecule has 0 saturated carbocycles. The Balaban J connectivity index is 1.79. The van der Waals surface area contributed by atoms with E-state index < -0.39 is 0 Å². The molecule has 0 aliphatic carbocycles. The van der Waals surface area contributed by atoms with Crippen LogP contribution in [-0.4, -0.2) is 25.5 Å². The number of carbonyl (C=O) groups excluding carboxylic acids is 1. The molecule has 1 aromatic carbocycles. The molecule has 1 N–H and O–H groups in total. The number of aryl methyl sites for hydroxylation is 2. The molecule has 1 amide bonds. The van der Waals surface area contributed by atoms with Crippen LogP contribution in [0.5, 0.6) is 0 Å². The number of hydrogen-bond acceptors (Lipinski definition) is 3. The lowest BCUT2D eigenvalue weighted by Gasteiger charge is -2.08. The Kier molecular flexibility index (Phi) is 5.13. The highest BCUT2D eigenvalue weighted by Crippen LogP contribution is 2.20. The van der Waals surface area contributed by atoms with Gasteiger partial charge in [0.15, 0.2) is 0 Å². The molecule has 0 saturated heterocycles. The van der Waals surface area contributed by atoms with Crippen LogP contribution in [0.25, 0.3) is 0 Å². The Labute approximate surface area is 157 Å². The number of hydrogen-bond donors (Lipinski definition) is 1. The van der Waals surface area contributed by atoms with Crippen LogP contribution >= 0.6 is 11.6 Å². The largest absolute Gasteiger partial charge is 0.319 e. The van der Waals surface area contributed by atoms with E-state index in [0.29, 0.717) is 17.1 Å². The molecule has 0 radical (unpaired) electrons. The van der Waals surface area contributed by atoms with Gasteiger partial charge in [-0.2, -0.15) is 10.2 Å². The molecular formula is C19H22ClN5O. The molecule has 2 aromatic heterocycles. The van der Waals surface area contributed by atoms with Crippen molar-refractivity contribution in [2.75, 3.05) is 5.32 Å². The molecule has 0 aliphatic heterocycles. The first-order valence-electron chi connectivity index (χ1n) is 8.53. The molecule has 6 nitrogen and oxygen atoms in total. The van der Waals surface area contributed by atoms with Crippen molar-refractivity contribution in [2.45, 2.75) is 40.8 Å². The molecule has 3 rings (SSSR count). The molecule has 0 atom stereocenters. The lowest BCUT2D eigenvalue weighted by atomic mass is 10.1. The third-order valence-corrected chi connectivity index (χ3v) is 5.01. The molecule has 136 valence electrons. The summed E-state index contributed by atoms with van der Waals surface area (Å²) in [6, 6.07) is 7.52. The van der Waals surface area contributed by atoms with E-state index >= 15 is 0 Å². The predicted molar refractivity (Wildman–Crippen MR) is 103 cm³/mol. The molecule has 0 aliphatic rings. The van der Waals surface area contributed by atoms with Crippen LogP contribution in [0.1, 0.15) is 39.9 Å². The normalized spacial score (nSPS) is 11.0. The average Bonchev–Trinajstić information content (AvgIpc) is 3.10. The highest BCUT2D eigenvalue weighted by molar-refractivity contribution is 6.31. The van der Waals surface area contributed by atoms with Gasteiger partial charge in [-0.3, -0.25) is 14.2 Å². The summed E-state index contributed by atoms with van der Waals surface area (Å²) in [7, 11) is 0. The van der Waals surface area contributed by atoms with Crippen molar-refractivity contribution in [1.82, 2.24) is 19.6 Å². The zero-order chi connectivity index (χ0) is 18.8. The third-order valence-electron chi connectivity index (χ3n) is 4.47. The Morgan fingerprint density at radius 2 is 1.96 bits per heavy atom. The van der Waals surface area contributed by atoms with Crippen molar-refractivity contribution in [2.24, 2.45) is 0 Å². The zero-order valence-electron chi connectivity index (χ0n) is 15.4. The minimum atomic E-state index is -0.156. The predicted octanol–water partition coefficient (Wildman–Crippen LogP) is 3.98. The van der Waals surface area contributed by atoms with Gasteiger partial charge in [-0.05, 0) is 45.4 Å². The first-order valence-corrected chi connectivity index (χ1v) is 8.90. The summed E-state index contributed by atoms with van der Waals surface area (Å²) in [4.78, 5) is 12.6. The van der Waals surface area contributed by atoms with Crippen LogP contribution in [0.2, 0.25) is 5.02 Å². The molecule has 0 unspecified atom stereocenters. The van der Waals surface area contributed by atoms with Crippen LogP contribution in [-0.2, 0) is 13.1 Å². The molecule has 2 heterocycles. The Hall–Kier alpha value is -2.60. The van der Waals surface area contributed by atoms with Crippen molar-refractivity contribution in [3.05, 3.63) is 63.7 Å². The number of anilines is 1. The summed E-state index contributed by atoms with van der Waals surface area (Å²) in [5, 5.41) is 12.3. The number of benzene rings is 1. The van der Waals surface area contributed by atoms with Crippen molar-refractivity contribution >= 4 is 23.2 Å². The summed E-state index contributed by atoms with van der Waals surface area (Å²) < 4.78 is 3.70. The minimum absolute atomic E-state index is 0.156. The van der Waals surface area contributed by atoms with Gasteiger partial charge in [0.2, 0.25) is 0 Å². The summed E-state index contributed by atoms with van der Waals surface area (Å²) in [6.07, 6.45) is 1.68. The van der Waals surface area contributed by atoms with Crippen LogP contribution in [0.4, 0.5) is 5.69 Å². The van der Waals surface area contributed by atoms with E-state index in [4.69, 9.17) is 11.6 Å². The molecule has 0 spiro atoms. The third kappa shape index (κ3) is 3.51. The fourth-order valence-electron chi connectivity index (χ4n) is 2.90. The lowest BCUT2D eigenvalue weighted by molar-refractivity contribution is 0.102. The van der Waals surface area contributed by atoms with Crippen LogP contribution < -0.4 is 5.32 Å². The molecule has 26 heavy (non-hydrogen) atoms. The molecular weight excluding hydrogens is 350 g/mol.